The van der Waals surface area contributed by atoms with Gasteiger partial charge in [-0.15, -0.1) is 0 Å². The van der Waals surface area contributed by atoms with E-state index in [1.807, 2.05) is 0 Å². The molecule has 5 heteroatoms. The minimum Gasteiger partial charge on any atom is -0.251 e. The fourth-order valence-electron chi connectivity index (χ4n) is 1.47. The topological polar surface area (TPSA) is 34.1 Å². The third kappa shape index (κ3) is 2.89. The van der Waals surface area contributed by atoms with Crippen LogP contribution in [0.3, 0.4) is 0 Å². The Morgan fingerprint density at radius 1 is 0.867 bits per heavy atom. The third-order valence-electron chi connectivity index (χ3n) is 2.85. The van der Waals surface area contributed by atoms with Crippen molar-refractivity contribution in [3.63, 3.8) is 0 Å². The number of hydrogen-bond donors (Lipinski definition) is 0. The van der Waals surface area contributed by atoms with Gasteiger partial charge in [0.15, 0.2) is 9.84 Å². The lowest BCUT2D eigenvalue weighted by Crippen LogP contribution is -2.46. The van der Waals surface area contributed by atoms with Crippen LogP contribution in [0, 0.1) is 0 Å². The monoisotopic (exact) mass is 242 g/mol. The van der Waals surface area contributed by atoms with Crippen LogP contribution >= 0.6 is 0 Å². The second-order valence-electron chi connectivity index (χ2n) is 4.90. The van der Waals surface area contributed by atoms with Crippen molar-refractivity contribution in [2.24, 2.45) is 0 Å². The molecule has 0 aromatic carbocycles. The standard InChI is InChI=1S/C10H20F2O2S/c1-9(2,5-7-11)15(13,14)10(3,4)6-8-12/h5-8H2,1-4H3. The molecule has 0 amide bonds. The van der Waals surface area contributed by atoms with Crippen LogP contribution in [0.15, 0.2) is 0 Å². The van der Waals surface area contributed by atoms with Gasteiger partial charge in [0.1, 0.15) is 0 Å². The first-order chi connectivity index (χ1) is 6.62. The van der Waals surface area contributed by atoms with Crippen LogP contribution in [0.1, 0.15) is 40.5 Å². The van der Waals surface area contributed by atoms with E-state index in [9.17, 15) is 17.2 Å². The molecule has 0 aliphatic carbocycles. The highest BCUT2D eigenvalue weighted by Gasteiger charge is 2.45. The maximum absolute atomic E-state index is 12.3. The van der Waals surface area contributed by atoms with E-state index in [2.05, 4.69) is 0 Å². The van der Waals surface area contributed by atoms with Crippen molar-refractivity contribution in [2.75, 3.05) is 13.3 Å². The SMILES string of the molecule is CC(C)(CCF)S(=O)(=O)C(C)(C)CCF. The van der Waals surface area contributed by atoms with E-state index in [1.165, 1.54) is 27.7 Å². The van der Waals surface area contributed by atoms with Crippen molar-refractivity contribution < 1.29 is 17.2 Å². The summed E-state index contributed by atoms with van der Waals surface area (Å²) < 4.78 is 46.5. The normalized spacial score (nSPS) is 14.3. The molecule has 0 saturated carbocycles. The van der Waals surface area contributed by atoms with Gasteiger partial charge in [0.25, 0.3) is 0 Å². The molecule has 0 saturated heterocycles. The highest BCUT2D eigenvalue weighted by molar-refractivity contribution is 7.94. The van der Waals surface area contributed by atoms with Crippen LogP contribution in [-0.4, -0.2) is 31.3 Å². The summed E-state index contributed by atoms with van der Waals surface area (Å²) >= 11 is 0. The van der Waals surface area contributed by atoms with Gasteiger partial charge in [0.2, 0.25) is 0 Å². The van der Waals surface area contributed by atoms with E-state index in [0.717, 1.165) is 0 Å². The van der Waals surface area contributed by atoms with E-state index >= 15 is 0 Å². The third-order valence-corrected chi connectivity index (χ3v) is 6.17. The molecule has 0 heterocycles. The van der Waals surface area contributed by atoms with E-state index in [4.69, 9.17) is 0 Å². The van der Waals surface area contributed by atoms with Gasteiger partial charge in [-0.25, -0.2) is 8.42 Å². The van der Waals surface area contributed by atoms with Crippen molar-refractivity contribution in [1.82, 2.24) is 0 Å². The lowest BCUT2D eigenvalue weighted by molar-refractivity contribution is 0.393. The molecule has 92 valence electrons. The zero-order valence-electron chi connectivity index (χ0n) is 9.81. The first-order valence-corrected chi connectivity index (χ1v) is 6.47. The van der Waals surface area contributed by atoms with Gasteiger partial charge in [-0.2, -0.15) is 0 Å². The molecule has 0 radical (unpaired) electrons. The van der Waals surface area contributed by atoms with Crippen molar-refractivity contribution in [3.05, 3.63) is 0 Å². The van der Waals surface area contributed by atoms with Gasteiger partial charge in [-0.1, -0.05) is 0 Å². The van der Waals surface area contributed by atoms with Crippen LogP contribution in [0.5, 0.6) is 0 Å². The molecular weight excluding hydrogens is 222 g/mol. The zero-order valence-corrected chi connectivity index (χ0v) is 10.6. The maximum atomic E-state index is 12.3. The van der Waals surface area contributed by atoms with Gasteiger partial charge in [0.05, 0.1) is 22.8 Å². The zero-order chi connectivity index (χ0) is 12.3. The fraction of sp³-hybridized carbons (Fsp3) is 1.00. The predicted molar refractivity (Wildman–Crippen MR) is 58.3 cm³/mol. The smallest absolute Gasteiger partial charge is 0.160 e. The van der Waals surface area contributed by atoms with E-state index < -0.39 is 32.7 Å². The molecule has 0 unspecified atom stereocenters. The summed E-state index contributed by atoms with van der Waals surface area (Å²) in [5.41, 5.74) is 0. The van der Waals surface area contributed by atoms with Gasteiger partial charge in [0, 0.05) is 0 Å². The molecule has 0 atom stereocenters. The minimum atomic E-state index is -3.54. The first-order valence-electron chi connectivity index (χ1n) is 4.98. The molecule has 2 nitrogen and oxygen atoms in total. The number of sulfone groups is 1. The predicted octanol–water partition coefficient (Wildman–Crippen LogP) is 2.68. The summed E-state index contributed by atoms with van der Waals surface area (Å²) in [6.45, 7) is 4.59. The molecule has 0 aromatic rings. The van der Waals surface area contributed by atoms with Crippen molar-refractivity contribution in [2.45, 2.75) is 50.0 Å². The molecule has 0 aliphatic rings. The summed E-state index contributed by atoms with van der Waals surface area (Å²) in [5, 5.41) is 0. The van der Waals surface area contributed by atoms with E-state index in [-0.39, 0.29) is 12.8 Å². The van der Waals surface area contributed by atoms with E-state index in [0.29, 0.717) is 0 Å². The van der Waals surface area contributed by atoms with Gasteiger partial charge < -0.3 is 0 Å². The average Bonchev–Trinajstić information content (AvgIpc) is 2.03. The fourth-order valence-corrected chi connectivity index (χ4v) is 3.66. The molecule has 0 bridgehead atoms. The highest BCUT2D eigenvalue weighted by atomic mass is 32.2. The van der Waals surface area contributed by atoms with Crippen LogP contribution < -0.4 is 0 Å². The Morgan fingerprint density at radius 3 is 1.33 bits per heavy atom. The number of halogens is 2. The molecule has 0 rings (SSSR count). The highest BCUT2D eigenvalue weighted by Crippen LogP contribution is 2.34. The van der Waals surface area contributed by atoms with Crippen LogP contribution in [0.2, 0.25) is 0 Å². The van der Waals surface area contributed by atoms with Gasteiger partial charge >= 0.3 is 0 Å². The summed E-state index contributed by atoms with van der Waals surface area (Å²) in [6, 6.07) is 0. The number of alkyl halides is 2. The summed E-state index contributed by atoms with van der Waals surface area (Å²) in [4.78, 5) is 0. The lowest BCUT2D eigenvalue weighted by Gasteiger charge is -2.34. The largest absolute Gasteiger partial charge is 0.251 e. The Hall–Kier alpha value is -0.190. The first kappa shape index (κ1) is 14.8. The molecule has 0 spiro atoms. The summed E-state index contributed by atoms with van der Waals surface area (Å²) in [7, 11) is -3.54. The van der Waals surface area contributed by atoms with Crippen LogP contribution in [0.4, 0.5) is 8.78 Å². The van der Waals surface area contributed by atoms with Gasteiger partial charge in [-0.3, -0.25) is 8.78 Å². The Bertz CT molecular complexity index is 271. The quantitative estimate of drug-likeness (QED) is 0.717. The Labute approximate surface area is 91.0 Å². The van der Waals surface area contributed by atoms with E-state index in [1.54, 1.807) is 0 Å². The van der Waals surface area contributed by atoms with Crippen molar-refractivity contribution in [1.29, 1.82) is 0 Å². The Morgan fingerprint density at radius 2 is 1.13 bits per heavy atom. The van der Waals surface area contributed by atoms with Crippen LogP contribution in [-0.2, 0) is 9.84 Å². The number of hydrogen-bond acceptors (Lipinski definition) is 2. The maximum Gasteiger partial charge on any atom is 0.160 e. The van der Waals surface area contributed by atoms with Crippen molar-refractivity contribution in [3.8, 4) is 0 Å². The number of rotatable bonds is 6. The van der Waals surface area contributed by atoms with Crippen molar-refractivity contribution >= 4 is 9.84 Å². The molecule has 0 N–H and O–H groups in total. The summed E-state index contributed by atoms with van der Waals surface area (Å²) in [5.74, 6) is 0. The lowest BCUT2D eigenvalue weighted by atomic mass is 10.1. The Balaban J connectivity index is 5.13. The van der Waals surface area contributed by atoms with Crippen LogP contribution in [0.25, 0.3) is 0 Å². The molecule has 0 fully saturated rings. The molecular formula is C10H20F2O2S. The Kier molecular flexibility index (Phi) is 4.70. The van der Waals surface area contributed by atoms with Gasteiger partial charge in [-0.05, 0) is 40.5 Å². The minimum absolute atomic E-state index is 0.0505. The molecule has 0 aromatic heterocycles. The molecule has 15 heavy (non-hydrogen) atoms. The molecule has 0 aliphatic heterocycles. The second-order valence-corrected chi connectivity index (χ2v) is 8.12. The summed E-state index contributed by atoms with van der Waals surface area (Å²) in [6.07, 6.45) is -0.101. The second kappa shape index (κ2) is 4.76. The average molecular weight is 242 g/mol.